The molecule has 0 bridgehead atoms. The molecule has 1 aliphatic heterocycles. The Bertz CT molecular complexity index is 796. The van der Waals surface area contributed by atoms with Gasteiger partial charge in [-0.15, -0.1) is 11.3 Å². The van der Waals surface area contributed by atoms with Crippen LogP contribution in [0.5, 0.6) is 0 Å². The molecule has 1 aromatic heterocycles. The highest BCUT2D eigenvalue weighted by atomic mass is 35.5. The van der Waals surface area contributed by atoms with E-state index in [4.69, 9.17) is 16.3 Å². The summed E-state index contributed by atoms with van der Waals surface area (Å²) in [6.07, 6.45) is 0.168. The highest BCUT2D eigenvalue weighted by Crippen LogP contribution is 2.30. The smallest absolute Gasteiger partial charge is 0.329 e. The highest BCUT2D eigenvalue weighted by Gasteiger charge is 2.33. The molecular formula is C18H19ClN2O3S2. The normalized spacial score (nSPS) is 17.2. The van der Waals surface area contributed by atoms with Crippen LogP contribution in [-0.2, 0) is 20.7 Å². The number of esters is 1. The van der Waals surface area contributed by atoms with E-state index in [0.29, 0.717) is 29.6 Å². The lowest BCUT2D eigenvalue weighted by molar-refractivity contribution is -0.153. The summed E-state index contributed by atoms with van der Waals surface area (Å²) >= 11 is 9.34. The monoisotopic (exact) mass is 410 g/mol. The maximum Gasteiger partial charge on any atom is 0.329 e. The van der Waals surface area contributed by atoms with Crippen LogP contribution in [0.15, 0.2) is 29.6 Å². The van der Waals surface area contributed by atoms with Gasteiger partial charge in [-0.25, -0.2) is 9.78 Å². The number of benzene rings is 1. The zero-order valence-corrected chi connectivity index (χ0v) is 16.7. The summed E-state index contributed by atoms with van der Waals surface area (Å²) in [6.45, 7) is 2.63. The third kappa shape index (κ3) is 4.39. The van der Waals surface area contributed by atoms with Crippen molar-refractivity contribution in [2.24, 2.45) is 0 Å². The Hall–Kier alpha value is -1.57. The predicted molar refractivity (Wildman–Crippen MR) is 106 cm³/mol. The summed E-state index contributed by atoms with van der Waals surface area (Å²) in [4.78, 5) is 31.1. The molecule has 1 atom stereocenters. The van der Waals surface area contributed by atoms with E-state index >= 15 is 0 Å². The number of carbonyl (C=O) groups is 2. The number of carbonyl (C=O) groups excluding carboxylic acids is 2. The lowest BCUT2D eigenvalue weighted by atomic mass is 10.2. The van der Waals surface area contributed by atoms with E-state index in [9.17, 15) is 9.59 Å². The minimum atomic E-state index is -0.511. The molecular weight excluding hydrogens is 392 g/mol. The molecule has 1 aliphatic rings. The number of thioether (sulfide) groups is 1. The van der Waals surface area contributed by atoms with Crippen molar-refractivity contribution in [3.05, 3.63) is 40.4 Å². The fraction of sp³-hybridized carbons (Fsp3) is 0.389. The van der Waals surface area contributed by atoms with Crippen LogP contribution in [0.4, 0.5) is 0 Å². The van der Waals surface area contributed by atoms with Gasteiger partial charge in [-0.05, 0) is 13.0 Å². The number of rotatable bonds is 5. The number of ether oxygens (including phenoxy) is 1. The molecule has 2 heterocycles. The number of hydrogen-bond donors (Lipinski definition) is 0. The number of nitrogens with zero attached hydrogens (tertiary/aromatic N) is 2. The van der Waals surface area contributed by atoms with Gasteiger partial charge in [0.15, 0.2) is 0 Å². The molecule has 1 saturated heterocycles. The van der Waals surface area contributed by atoms with E-state index < -0.39 is 6.04 Å². The zero-order chi connectivity index (χ0) is 18.5. The van der Waals surface area contributed by atoms with Crippen LogP contribution >= 0.6 is 34.7 Å². The second-order valence-electron chi connectivity index (χ2n) is 5.73. The van der Waals surface area contributed by atoms with Crippen LogP contribution in [0.2, 0.25) is 5.02 Å². The van der Waals surface area contributed by atoms with Crippen molar-refractivity contribution in [3.63, 3.8) is 0 Å². The first-order valence-corrected chi connectivity index (χ1v) is 10.7. The predicted octanol–water partition coefficient (Wildman–Crippen LogP) is 3.51. The molecule has 138 valence electrons. The second-order valence-corrected chi connectivity index (χ2v) is 8.15. The molecule has 1 fully saturated rings. The first kappa shape index (κ1) is 19.2. The van der Waals surface area contributed by atoms with Gasteiger partial charge in [0.2, 0.25) is 5.91 Å². The van der Waals surface area contributed by atoms with Gasteiger partial charge in [0, 0.05) is 29.0 Å². The Kier molecular flexibility index (Phi) is 6.56. The average Bonchev–Trinajstić information content (AvgIpc) is 3.10. The van der Waals surface area contributed by atoms with Gasteiger partial charge in [0.05, 0.1) is 23.7 Å². The molecule has 0 spiro atoms. The second kappa shape index (κ2) is 8.88. The SMILES string of the molecule is CCOC(=O)C1CSCCN1C(=O)Cc1csc(-c2ccccc2Cl)n1. The standard InChI is InChI=1S/C18H19ClN2O3S2/c1-2-24-18(23)15-11-25-8-7-21(15)16(22)9-12-10-26-17(20-12)13-5-3-4-6-14(13)19/h3-6,10,15H,2,7-9,11H2,1H3. The molecule has 2 aromatic rings. The number of amides is 1. The molecule has 3 rings (SSSR count). The Labute approximate surface area is 165 Å². The Balaban J connectivity index is 1.71. The van der Waals surface area contributed by atoms with E-state index in [-0.39, 0.29) is 18.3 Å². The van der Waals surface area contributed by atoms with Crippen LogP contribution in [0.3, 0.4) is 0 Å². The Morgan fingerprint density at radius 2 is 2.19 bits per heavy atom. The first-order chi connectivity index (χ1) is 12.6. The van der Waals surface area contributed by atoms with Crippen LogP contribution in [0, 0.1) is 0 Å². The van der Waals surface area contributed by atoms with Crippen LogP contribution in [0.1, 0.15) is 12.6 Å². The summed E-state index contributed by atoms with van der Waals surface area (Å²) in [5.41, 5.74) is 1.55. The van der Waals surface area contributed by atoms with Crippen molar-refractivity contribution in [1.82, 2.24) is 9.88 Å². The lowest BCUT2D eigenvalue weighted by Crippen LogP contribution is -2.51. The molecule has 0 aliphatic carbocycles. The van der Waals surface area contributed by atoms with Crippen molar-refractivity contribution in [2.75, 3.05) is 24.7 Å². The number of aromatic nitrogens is 1. The molecule has 0 saturated carbocycles. The van der Waals surface area contributed by atoms with E-state index in [1.807, 2.05) is 29.6 Å². The van der Waals surface area contributed by atoms with Gasteiger partial charge >= 0.3 is 5.97 Å². The average molecular weight is 411 g/mol. The van der Waals surface area contributed by atoms with Gasteiger partial charge in [0.1, 0.15) is 11.0 Å². The molecule has 0 radical (unpaired) electrons. The third-order valence-electron chi connectivity index (χ3n) is 4.00. The van der Waals surface area contributed by atoms with E-state index in [1.165, 1.54) is 11.3 Å². The first-order valence-electron chi connectivity index (χ1n) is 8.33. The molecule has 1 aromatic carbocycles. The summed E-state index contributed by atoms with van der Waals surface area (Å²) in [5, 5.41) is 3.29. The summed E-state index contributed by atoms with van der Waals surface area (Å²) in [7, 11) is 0. The third-order valence-corrected chi connectivity index (χ3v) is 6.27. The maximum atomic E-state index is 12.7. The quantitative estimate of drug-likeness (QED) is 0.706. The van der Waals surface area contributed by atoms with E-state index in [2.05, 4.69) is 4.98 Å². The van der Waals surface area contributed by atoms with Gasteiger partial charge in [-0.2, -0.15) is 11.8 Å². The van der Waals surface area contributed by atoms with Gasteiger partial charge in [-0.1, -0.05) is 29.8 Å². The van der Waals surface area contributed by atoms with Crippen molar-refractivity contribution < 1.29 is 14.3 Å². The summed E-state index contributed by atoms with van der Waals surface area (Å²) < 4.78 is 5.11. The minimum Gasteiger partial charge on any atom is -0.464 e. The molecule has 0 N–H and O–H groups in total. The lowest BCUT2D eigenvalue weighted by Gasteiger charge is -2.33. The topological polar surface area (TPSA) is 59.5 Å². The minimum absolute atomic E-state index is 0.0978. The largest absolute Gasteiger partial charge is 0.464 e. The van der Waals surface area contributed by atoms with Gasteiger partial charge in [0.25, 0.3) is 0 Å². The Morgan fingerprint density at radius 3 is 2.96 bits per heavy atom. The molecule has 8 heteroatoms. The molecule has 1 unspecified atom stereocenters. The van der Waals surface area contributed by atoms with E-state index in [0.717, 1.165) is 16.3 Å². The van der Waals surface area contributed by atoms with Gasteiger partial charge < -0.3 is 9.64 Å². The molecule has 26 heavy (non-hydrogen) atoms. The molecule has 1 amide bonds. The summed E-state index contributed by atoms with van der Waals surface area (Å²) in [5.74, 6) is 0.971. The highest BCUT2D eigenvalue weighted by molar-refractivity contribution is 7.99. The van der Waals surface area contributed by atoms with E-state index in [1.54, 1.807) is 23.6 Å². The van der Waals surface area contributed by atoms with Crippen molar-refractivity contribution in [1.29, 1.82) is 0 Å². The zero-order valence-electron chi connectivity index (χ0n) is 14.3. The van der Waals surface area contributed by atoms with Crippen LogP contribution < -0.4 is 0 Å². The number of hydrogen-bond acceptors (Lipinski definition) is 6. The number of halogens is 1. The van der Waals surface area contributed by atoms with Crippen molar-refractivity contribution in [2.45, 2.75) is 19.4 Å². The van der Waals surface area contributed by atoms with Crippen molar-refractivity contribution in [3.8, 4) is 10.6 Å². The van der Waals surface area contributed by atoms with Crippen LogP contribution in [0.25, 0.3) is 10.6 Å². The summed E-state index contributed by atoms with van der Waals surface area (Å²) in [6, 6.07) is 6.99. The van der Waals surface area contributed by atoms with Gasteiger partial charge in [-0.3, -0.25) is 4.79 Å². The van der Waals surface area contributed by atoms with Crippen molar-refractivity contribution >= 4 is 46.6 Å². The number of thiazole rings is 1. The fourth-order valence-electron chi connectivity index (χ4n) is 2.74. The van der Waals surface area contributed by atoms with Crippen LogP contribution in [-0.4, -0.2) is 52.5 Å². The Morgan fingerprint density at radius 1 is 1.38 bits per heavy atom. The maximum absolute atomic E-state index is 12.7. The fourth-order valence-corrected chi connectivity index (χ4v) is 4.91. The molecule has 5 nitrogen and oxygen atoms in total.